The van der Waals surface area contributed by atoms with Crippen molar-refractivity contribution in [3.05, 3.63) is 89.9 Å². The summed E-state index contributed by atoms with van der Waals surface area (Å²) in [6, 6.07) is 17.4. The number of anilines is 2. The van der Waals surface area contributed by atoms with E-state index in [4.69, 9.17) is 10.5 Å². The summed E-state index contributed by atoms with van der Waals surface area (Å²) in [5.74, 6) is -0.365. The lowest BCUT2D eigenvalue weighted by atomic mass is 10.00. The highest BCUT2D eigenvalue weighted by Gasteiger charge is 2.34. The third-order valence-corrected chi connectivity index (χ3v) is 9.43. The number of carbonyl (C=O) groups excluding carboxylic acids is 1. The molecule has 39 heavy (non-hydrogen) atoms. The van der Waals surface area contributed by atoms with Crippen LogP contribution in [0.15, 0.2) is 77.8 Å². The molecule has 1 saturated carbocycles. The summed E-state index contributed by atoms with van der Waals surface area (Å²) < 4.78 is 46.6. The molecule has 1 aliphatic rings. The summed E-state index contributed by atoms with van der Waals surface area (Å²) in [5, 5.41) is 6.36. The maximum absolute atomic E-state index is 15.0. The van der Waals surface area contributed by atoms with Gasteiger partial charge in [-0.05, 0) is 65.8 Å². The molecule has 1 aliphatic carbocycles. The normalized spacial score (nSPS) is 14.4. The SMILES string of the molecule is COc1cccc(C(Nc2cc(F)c3c(N)nccc3c2)C(=O)NCc2ccccc2S(=O)(=O)C2CCC2)c1. The van der Waals surface area contributed by atoms with E-state index >= 15 is 0 Å². The summed E-state index contributed by atoms with van der Waals surface area (Å²) in [4.78, 5) is 17.8. The van der Waals surface area contributed by atoms with Crippen molar-refractivity contribution in [2.45, 2.75) is 42.0 Å². The Balaban J connectivity index is 1.44. The van der Waals surface area contributed by atoms with Crippen molar-refractivity contribution < 1.29 is 22.3 Å². The number of sulfone groups is 1. The average molecular weight is 549 g/mol. The molecular weight excluding hydrogens is 519 g/mol. The van der Waals surface area contributed by atoms with Crippen molar-refractivity contribution in [2.75, 3.05) is 18.2 Å². The average Bonchev–Trinajstić information content (AvgIpc) is 2.89. The van der Waals surface area contributed by atoms with Crippen molar-refractivity contribution >= 4 is 38.0 Å². The van der Waals surface area contributed by atoms with Gasteiger partial charge in [-0.25, -0.2) is 17.8 Å². The zero-order valence-corrected chi connectivity index (χ0v) is 22.2. The number of halogens is 1. The van der Waals surface area contributed by atoms with Crippen LogP contribution in [0.4, 0.5) is 15.9 Å². The van der Waals surface area contributed by atoms with Crippen molar-refractivity contribution in [2.24, 2.45) is 0 Å². The molecule has 0 spiro atoms. The van der Waals surface area contributed by atoms with E-state index in [2.05, 4.69) is 15.6 Å². The lowest BCUT2D eigenvalue weighted by Crippen LogP contribution is -2.34. The molecule has 3 aromatic carbocycles. The van der Waals surface area contributed by atoms with E-state index in [0.717, 1.165) is 6.42 Å². The number of nitrogen functional groups attached to an aromatic ring is 1. The van der Waals surface area contributed by atoms with Crippen LogP contribution in [-0.2, 0) is 21.2 Å². The molecule has 0 radical (unpaired) electrons. The molecular formula is C29H29FN4O4S. The van der Waals surface area contributed by atoms with E-state index < -0.39 is 27.6 Å². The molecule has 0 bridgehead atoms. The number of ether oxygens (including phenoxy) is 1. The molecule has 0 aliphatic heterocycles. The van der Waals surface area contributed by atoms with E-state index in [-0.39, 0.29) is 27.9 Å². The quantitative estimate of drug-likeness (QED) is 0.276. The second kappa shape index (κ2) is 10.9. The maximum atomic E-state index is 15.0. The van der Waals surface area contributed by atoms with E-state index in [9.17, 15) is 17.6 Å². The second-order valence-corrected chi connectivity index (χ2v) is 11.7. The second-order valence-electron chi connectivity index (χ2n) is 9.53. The number of fused-ring (bicyclic) bond motifs is 1. The third kappa shape index (κ3) is 5.37. The van der Waals surface area contributed by atoms with Crippen molar-refractivity contribution in [3.8, 4) is 5.75 Å². The van der Waals surface area contributed by atoms with Gasteiger partial charge in [-0.15, -0.1) is 0 Å². The number of hydrogen-bond donors (Lipinski definition) is 3. The molecule has 0 saturated heterocycles. The van der Waals surface area contributed by atoms with Gasteiger partial charge < -0.3 is 21.1 Å². The van der Waals surface area contributed by atoms with Gasteiger partial charge in [-0.3, -0.25) is 4.79 Å². The number of carbonyl (C=O) groups is 1. The monoisotopic (exact) mass is 548 g/mol. The van der Waals surface area contributed by atoms with Gasteiger partial charge in [-0.2, -0.15) is 0 Å². The minimum Gasteiger partial charge on any atom is -0.497 e. The molecule has 4 aromatic rings. The van der Waals surface area contributed by atoms with Gasteiger partial charge >= 0.3 is 0 Å². The van der Waals surface area contributed by atoms with E-state index in [0.29, 0.717) is 40.8 Å². The first kappa shape index (κ1) is 26.4. The molecule has 1 fully saturated rings. The molecule has 8 nitrogen and oxygen atoms in total. The molecule has 1 heterocycles. The molecule has 5 rings (SSSR count). The fourth-order valence-corrected chi connectivity index (χ4v) is 6.82. The zero-order chi connectivity index (χ0) is 27.6. The first-order chi connectivity index (χ1) is 18.8. The van der Waals surface area contributed by atoms with E-state index in [1.54, 1.807) is 60.7 Å². The number of aromatic nitrogens is 1. The number of methoxy groups -OCH3 is 1. The van der Waals surface area contributed by atoms with Gasteiger partial charge in [0.25, 0.3) is 0 Å². The minimum absolute atomic E-state index is 0.0113. The Morgan fingerprint density at radius 2 is 1.92 bits per heavy atom. The molecule has 1 atom stereocenters. The van der Waals surface area contributed by atoms with Crippen LogP contribution in [0.5, 0.6) is 5.75 Å². The van der Waals surface area contributed by atoms with Crippen molar-refractivity contribution in [3.63, 3.8) is 0 Å². The Morgan fingerprint density at radius 3 is 2.67 bits per heavy atom. The highest BCUT2D eigenvalue weighted by Crippen LogP contribution is 2.33. The Morgan fingerprint density at radius 1 is 1.13 bits per heavy atom. The zero-order valence-electron chi connectivity index (χ0n) is 21.4. The Kier molecular flexibility index (Phi) is 7.38. The predicted molar refractivity (Wildman–Crippen MR) is 149 cm³/mol. The van der Waals surface area contributed by atoms with Crippen LogP contribution in [0.25, 0.3) is 10.8 Å². The Labute approximate surface area is 226 Å². The topological polar surface area (TPSA) is 123 Å². The van der Waals surface area contributed by atoms with Crippen LogP contribution in [0, 0.1) is 5.82 Å². The summed E-state index contributed by atoms with van der Waals surface area (Å²) in [6.45, 7) is 0.0113. The van der Waals surface area contributed by atoms with Crippen LogP contribution in [0.3, 0.4) is 0 Å². The fourth-order valence-electron chi connectivity index (χ4n) is 4.74. The van der Waals surface area contributed by atoms with Crippen LogP contribution < -0.4 is 21.1 Å². The first-order valence-corrected chi connectivity index (χ1v) is 14.2. The summed E-state index contributed by atoms with van der Waals surface area (Å²) in [5.41, 5.74) is 7.31. The lowest BCUT2D eigenvalue weighted by Gasteiger charge is -2.26. The van der Waals surface area contributed by atoms with Crippen LogP contribution in [-0.4, -0.2) is 31.7 Å². The number of pyridine rings is 1. The largest absolute Gasteiger partial charge is 0.497 e. The first-order valence-electron chi connectivity index (χ1n) is 12.6. The minimum atomic E-state index is -3.48. The van der Waals surface area contributed by atoms with Gasteiger partial charge in [0.15, 0.2) is 9.84 Å². The standard InChI is InChI=1S/C29H29FN4O4S/c1-38-22-8-4-7-19(15-22)27(34-21-14-18-12-13-32-28(31)26(18)24(30)16-21)29(35)33-17-20-6-2-3-11-25(20)39(36,37)23-9-5-10-23/h2-4,6-8,11-16,23,27,34H,5,9-10,17H2,1H3,(H2,31,32)(H,33,35). The van der Waals surface area contributed by atoms with Crippen LogP contribution in [0.1, 0.15) is 36.4 Å². The Hall–Kier alpha value is -4.18. The van der Waals surface area contributed by atoms with Crippen LogP contribution >= 0.6 is 0 Å². The highest BCUT2D eigenvalue weighted by molar-refractivity contribution is 7.92. The Bertz CT molecular complexity index is 1640. The van der Waals surface area contributed by atoms with Gasteiger partial charge in [0.1, 0.15) is 23.4 Å². The van der Waals surface area contributed by atoms with Crippen LogP contribution in [0.2, 0.25) is 0 Å². The molecule has 1 aromatic heterocycles. The predicted octanol–water partition coefficient (Wildman–Crippen LogP) is 4.76. The fraction of sp³-hybridized carbons (Fsp3) is 0.241. The van der Waals surface area contributed by atoms with Gasteiger partial charge in [0.2, 0.25) is 5.91 Å². The van der Waals surface area contributed by atoms with E-state index in [1.165, 1.54) is 19.4 Å². The molecule has 1 amide bonds. The van der Waals surface area contributed by atoms with Gasteiger partial charge in [0, 0.05) is 18.4 Å². The molecule has 202 valence electrons. The number of amides is 1. The number of rotatable bonds is 9. The summed E-state index contributed by atoms with van der Waals surface area (Å²) in [7, 11) is -1.95. The number of benzene rings is 3. The smallest absolute Gasteiger partial charge is 0.247 e. The number of nitrogens with two attached hydrogens (primary N) is 1. The lowest BCUT2D eigenvalue weighted by molar-refractivity contribution is -0.122. The highest BCUT2D eigenvalue weighted by atomic mass is 32.2. The molecule has 4 N–H and O–H groups in total. The number of nitrogens with zero attached hydrogens (tertiary/aromatic N) is 1. The summed E-state index contributed by atoms with van der Waals surface area (Å²) in [6.07, 6.45) is 3.68. The van der Waals surface area contributed by atoms with Crippen molar-refractivity contribution in [1.29, 1.82) is 0 Å². The number of hydrogen-bond acceptors (Lipinski definition) is 7. The maximum Gasteiger partial charge on any atom is 0.247 e. The van der Waals surface area contributed by atoms with Gasteiger partial charge in [-0.1, -0.05) is 36.8 Å². The molecule has 10 heteroatoms. The molecule has 1 unspecified atom stereocenters. The summed E-state index contributed by atoms with van der Waals surface area (Å²) >= 11 is 0. The van der Waals surface area contributed by atoms with Crippen molar-refractivity contribution in [1.82, 2.24) is 10.3 Å². The number of nitrogens with one attached hydrogen (secondary N) is 2. The van der Waals surface area contributed by atoms with Gasteiger partial charge in [0.05, 0.1) is 22.6 Å². The third-order valence-electron chi connectivity index (χ3n) is 7.07. The van der Waals surface area contributed by atoms with E-state index in [1.807, 2.05) is 0 Å².